The molecule has 9 nitrogen and oxygen atoms in total. The summed E-state index contributed by atoms with van der Waals surface area (Å²) in [5.74, 6) is 0.367. The summed E-state index contributed by atoms with van der Waals surface area (Å²) < 4.78 is 16.4. The smallest absolute Gasteiger partial charge is 0.319 e. The first-order valence-corrected chi connectivity index (χ1v) is 11.2. The Labute approximate surface area is 187 Å². The van der Waals surface area contributed by atoms with E-state index in [9.17, 15) is 9.90 Å². The van der Waals surface area contributed by atoms with E-state index in [2.05, 4.69) is 15.0 Å². The van der Waals surface area contributed by atoms with Crippen LogP contribution in [0, 0.1) is 11.8 Å². The van der Waals surface area contributed by atoms with Gasteiger partial charge in [-0.2, -0.15) is 4.98 Å². The van der Waals surface area contributed by atoms with E-state index in [-0.39, 0.29) is 23.8 Å². The zero-order chi connectivity index (χ0) is 22.7. The Morgan fingerprint density at radius 2 is 1.91 bits per heavy atom. The molecule has 2 aliphatic rings. The molecule has 3 atom stereocenters. The van der Waals surface area contributed by atoms with Crippen LogP contribution >= 0.6 is 0 Å². The number of rotatable bonds is 7. The minimum absolute atomic E-state index is 0.0855. The Morgan fingerprint density at radius 1 is 1.19 bits per heavy atom. The summed E-state index contributed by atoms with van der Waals surface area (Å²) >= 11 is 0. The van der Waals surface area contributed by atoms with E-state index >= 15 is 0 Å². The molecule has 3 heterocycles. The Balaban J connectivity index is 1.64. The highest BCUT2D eigenvalue weighted by atomic mass is 16.5. The lowest BCUT2D eigenvalue weighted by Crippen LogP contribution is -2.59. The molecule has 32 heavy (non-hydrogen) atoms. The second-order valence-electron chi connectivity index (χ2n) is 8.18. The zero-order valence-electron chi connectivity index (χ0n) is 18.8. The summed E-state index contributed by atoms with van der Waals surface area (Å²) in [7, 11) is 1.52. The molecule has 2 bridgehead atoms. The van der Waals surface area contributed by atoms with Gasteiger partial charge in [0.1, 0.15) is 5.60 Å². The quantitative estimate of drug-likeness (QED) is 0.697. The molecule has 1 unspecified atom stereocenters. The molecule has 172 valence electrons. The van der Waals surface area contributed by atoms with Crippen molar-refractivity contribution >= 4 is 5.91 Å². The molecule has 0 spiro atoms. The van der Waals surface area contributed by atoms with E-state index in [1.54, 1.807) is 24.5 Å². The minimum Gasteiger partial charge on any atom is -0.481 e. The van der Waals surface area contributed by atoms with Gasteiger partial charge in [-0.15, -0.1) is 0 Å². The Bertz CT molecular complexity index is 955. The van der Waals surface area contributed by atoms with E-state index in [0.717, 1.165) is 19.3 Å². The number of carbonyl (C=O) groups excluding carboxylic acids is 1. The van der Waals surface area contributed by atoms with E-state index in [0.29, 0.717) is 49.2 Å². The summed E-state index contributed by atoms with van der Waals surface area (Å²) in [6.07, 6.45) is 5.80. The summed E-state index contributed by atoms with van der Waals surface area (Å²) in [4.78, 5) is 27.8. The van der Waals surface area contributed by atoms with Crippen LogP contribution in [0.1, 0.15) is 49.0 Å². The van der Waals surface area contributed by atoms with Crippen LogP contribution in [-0.4, -0.2) is 64.3 Å². The molecule has 2 aromatic heterocycles. The Morgan fingerprint density at radius 3 is 2.56 bits per heavy atom. The number of aromatic nitrogens is 3. The first kappa shape index (κ1) is 22.3. The normalized spacial score (nSPS) is 24.7. The van der Waals surface area contributed by atoms with Gasteiger partial charge in [-0.1, -0.05) is 6.42 Å². The van der Waals surface area contributed by atoms with Crippen LogP contribution in [-0.2, 0) is 5.60 Å². The first-order valence-electron chi connectivity index (χ1n) is 11.2. The summed E-state index contributed by atoms with van der Waals surface area (Å²) in [6.45, 7) is 5.47. The first-order chi connectivity index (χ1) is 15.5. The number of fused-ring (bicyclic) bond motifs is 2. The molecule has 1 N–H and O–H groups in total. The van der Waals surface area contributed by atoms with Gasteiger partial charge < -0.3 is 24.2 Å². The second kappa shape index (κ2) is 9.28. The molecule has 1 aliphatic carbocycles. The highest BCUT2D eigenvalue weighted by Gasteiger charge is 2.54. The second-order valence-corrected chi connectivity index (χ2v) is 8.18. The van der Waals surface area contributed by atoms with Crippen molar-refractivity contribution in [2.45, 2.75) is 38.7 Å². The van der Waals surface area contributed by atoms with E-state index < -0.39 is 5.60 Å². The molecule has 2 aromatic rings. The fraction of sp³-hybridized carbons (Fsp3) is 0.565. The van der Waals surface area contributed by atoms with Crippen molar-refractivity contribution in [2.24, 2.45) is 11.8 Å². The topological polar surface area (TPSA) is 107 Å². The number of likely N-dealkylation sites (tertiary alicyclic amines) is 1. The molecule has 4 rings (SSSR count). The molecule has 0 radical (unpaired) electrons. The number of pyridine rings is 1. The SMILES string of the molecule is CCOc1ncc(C2(O)[C@@H]3CCC[C@H]2CN(C(=O)c2ccnc(OC)c2)C3)c(OCC)n1. The highest BCUT2D eigenvalue weighted by molar-refractivity contribution is 5.94. The van der Waals surface area contributed by atoms with Gasteiger partial charge >= 0.3 is 6.01 Å². The van der Waals surface area contributed by atoms with Gasteiger partial charge in [-0.3, -0.25) is 4.79 Å². The Kier molecular flexibility index (Phi) is 6.45. The van der Waals surface area contributed by atoms with E-state index in [1.807, 2.05) is 18.7 Å². The standard InChI is InChI=1S/C23H30N4O5/c1-4-31-20-18(12-25-22(26-20)32-5-2)23(29)16-7-6-8-17(23)14-27(13-16)21(28)15-9-10-24-19(11-15)30-3/h9-12,16-17,29H,4-8,13-14H2,1-3H3/t16-,17+,23?. The number of methoxy groups -OCH3 is 1. The molecular formula is C23H30N4O5. The van der Waals surface area contributed by atoms with Crippen molar-refractivity contribution < 1.29 is 24.1 Å². The number of aliphatic hydroxyl groups is 1. The highest BCUT2D eigenvalue weighted by Crippen LogP contribution is 2.51. The predicted molar refractivity (Wildman–Crippen MR) is 116 cm³/mol. The fourth-order valence-corrected chi connectivity index (χ4v) is 4.96. The summed E-state index contributed by atoms with van der Waals surface area (Å²) in [5.41, 5.74) is -0.0600. The fourth-order valence-electron chi connectivity index (χ4n) is 4.96. The van der Waals surface area contributed by atoms with Crippen LogP contribution in [0.4, 0.5) is 0 Å². The summed E-state index contributed by atoms with van der Waals surface area (Å²) in [6, 6.07) is 3.56. The molecule has 1 aliphatic heterocycles. The van der Waals surface area contributed by atoms with Crippen LogP contribution in [0.2, 0.25) is 0 Å². The average Bonchev–Trinajstić information content (AvgIpc) is 2.79. The van der Waals surface area contributed by atoms with Gasteiger partial charge in [0, 0.05) is 48.9 Å². The van der Waals surface area contributed by atoms with Crippen molar-refractivity contribution in [3.05, 3.63) is 35.7 Å². The number of ether oxygens (including phenoxy) is 3. The maximum absolute atomic E-state index is 13.2. The number of carbonyl (C=O) groups is 1. The largest absolute Gasteiger partial charge is 0.481 e. The van der Waals surface area contributed by atoms with Crippen LogP contribution in [0.5, 0.6) is 17.8 Å². The number of hydrogen-bond acceptors (Lipinski definition) is 8. The van der Waals surface area contributed by atoms with E-state index in [1.165, 1.54) is 7.11 Å². The van der Waals surface area contributed by atoms with Crippen molar-refractivity contribution in [3.8, 4) is 17.8 Å². The number of piperidine rings is 1. The third kappa shape index (κ3) is 3.97. The number of hydrogen-bond donors (Lipinski definition) is 1. The number of amides is 1. The van der Waals surface area contributed by atoms with Crippen LogP contribution in [0.3, 0.4) is 0 Å². The molecule has 1 saturated heterocycles. The van der Waals surface area contributed by atoms with Crippen LogP contribution < -0.4 is 14.2 Å². The maximum atomic E-state index is 13.2. The molecule has 9 heteroatoms. The Hall–Kier alpha value is -2.94. The third-order valence-corrected chi connectivity index (χ3v) is 6.43. The lowest BCUT2D eigenvalue weighted by molar-refractivity contribution is -0.141. The van der Waals surface area contributed by atoms with Crippen molar-refractivity contribution in [1.82, 2.24) is 19.9 Å². The van der Waals surface area contributed by atoms with Crippen molar-refractivity contribution in [1.29, 1.82) is 0 Å². The third-order valence-electron chi connectivity index (χ3n) is 6.43. The molecule has 1 saturated carbocycles. The van der Waals surface area contributed by atoms with Gasteiger partial charge in [-0.25, -0.2) is 9.97 Å². The van der Waals surface area contributed by atoms with Crippen LogP contribution in [0.15, 0.2) is 24.5 Å². The van der Waals surface area contributed by atoms with Gasteiger partial charge in [0.15, 0.2) is 0 Å². The predicted octanol–water partition coefficient (Wildman–Crippen LogP) is 2.44. The summed E-state index contributed by atoms with van der Waals surface area (Å²) in [5, 5.41) is 12.0. The van der Waals surface area contributed by atoms with Gasteiger partial charge in [-0.05, 0) is 32.8 Å². The molecular weight excluding hydrogens is 412 g/mol. The van der Waals surface area contributed by atoms with Crippen molar-refractivity contribution in [2.75, 3.05) is 33.4 Å². The van der Waals surface area contributed by atoms with E-state index in [4.69, 9.17) is 14.2 Å². The molecule has 0 aromatic carbocycles. The van der Waals surface area contributed by atoms with Gasteiger partial charge in [0.25, 0.3) is 5.91 Å². The average molecular weight is 443 g/mol. The maximum Gasteiger partial charge on any atom is 0.319 e. The van der Waals surface area contributed by atoms with Gasteiger partial charge in [0.05, 0.1) is 25.9 Å². The molecule has 1 amide bonds. The minimum atomic E-state index is -1.17. The lowest BCUT2D eigenvalue weighted by Gasteiger charge is -2.53. The van der Waals surface area contributed by atoms with Crippen molar-refractivity contribution in [3.63, 3.8) is 0 Å². The lowest BCUT2D eigenvalue weighted by atomic mass is 9.63. The monoisotopic (exact) mass is 442 g/mol. The zero-order valence-corrected chi connectivity index (χ0v) is 18.8. The van der Waals surface area contributed by atoms with Gasteiger partial charge in [0.2, 0.25) is 11.8 Å². The number of nitrogens with zero attached hydrogens (tertiary/aromatic N) is 4. The van der Waals surface area contributed by atoms with Crippen LogP contribution in [0.25, 0.3) is 0 Å². The molecule has 2 fully saturated rings.